The zero-order valence-corrected chi connectivity index (χ0v) is 27.8. The third-order valence-electron chi connectivity index (χ3n) is 10.6. The molecule has 0 aromatic heterocycles. The number of anilines is 1. The van der Waals surface area contributed by atoms with Crippen molar-refractivity contribution in [2.45, 2.75) is 69.7 Å². The van der Waals surface area contributed by atoms with Crippen molar-refractivity contribution in [3.63, 3.8) is 0 Å². The summed E-state index contributed by atoms with van der Waals surface area (Å²) in [5.41, 5.74) is -1.33. The van der Waals surface area contributed by atoms with Gasteiger partial charge >= 0.3 is 0 Å². The van der Waals surface area contributed by atoms with Crippen molar-refractivity contribution in [3.05, 3.63) is 55.6 Å². The number of amides is 3. The second-order valence-corrected chi connectivity index (χ2v) is 13.6. The number of rotatable bonds is 15. The van der Waals surface area contributed by atoms with Gasteiger partial charge in [0.1, 0.15) is 11.6 Å². The fourth-order valence-corrected chi connectivity index (χ4v) is 8.46. The van der Waals surface area contributed by atoms with Gasteiger partial charge in [0.05, 0.1) is 43.3 Å². The van der Waals surface area contributed by atoms with E-state index in [1.165, 1.54) is 0 Å². The summed E-state index contributed by atoms with van der Waals surface area (Å²) in [7, 11) is 0. The number of morpholine rings is 1. The lowest BCUT2D eigenvalue weighted by atomic mass is 9.64. The zero-order chi connectivity index (χ0) is 33.1. The summed E-state index contributed by atoms with van der Waals surface area (Å²) < 4.78 is 12.6. The van der Waals surface area contributed by atoms with Crippen LogP contribution in [0, 0.1) is 17.8 Å². The van der Waals surface area contributed by atoms with E-state index in [1.807, 2.05) is 51.1 Å². The summed E-state index contributed by atoms with van der Waals surface area (Å²) in [5, 5.41) is 10.7. The quantitative estimate of drug-likeness (QED) is 0.295. The van der Waals surface area contributed by atoms with Crippen molar-refractivity contribution in [1.82, 2.24) is 14.7 Å². The first kappa shape index (κ1) is 34.3. The minimum atomic E-state index is -1.18. The molecule has 1 aromatic rings. The van der Waals surface area contributed by atoms with Crippen LogP contribution in [0.5, 0.6) is 0 Å². The molecule has 6 atom stereocenters. The van der Waals surface area contributed by atoms with E-state index >= 15 is 0 Å². The molecule has 0 radical (unpaired) electrons. The van der Waals surface area contributed by atoms with Crippen LogP contribution in [0.15, 0.2) is 55.6 Å². The van der Waals surface area contributed by atoms with Crippen LogP contribution in [-0.2, 0) is 23.9 Å². The minimum absolute atomic E-state index is 0.169. The van der Waals surface area contributed by atoms with Crippen molar-refractivity contribution < 1.29 is 29.0 Å². The Bertz CT molecular complexity index is 1270. The molecule has 46 heavy (non-hydrogen) atoms. The smallest absolute Gasteiger partial charge is 0.248 e. The highest BCUT2D eigenvalue weighted by atomic mass is 16.5. The molecule has 2 bridgehead atoms. The Morgan fingerprint density at radius 3 is 2.39 bits per heavy atom. The van der Waals surface area contributed by atoms with Gasteiger partial charge in [-0.25, -0.2) is 0 Å². The number of carbonyl (C=O) groups excluding carboxylic acids is 3. The largest absolute Gasteiger partial charge is 0.394 e. The Morgan fingerprint density at radius 2 is 1.78 bits per heavy atom. The first-order chi connectivity index (χ1) is 22.2. The average Bonchev–Trinajstić information content (AvgIpc) is 3.68. The van der Waals surface area contributed by atoms with E-state index in [9.17, 15) is 19.5 Å². The number of carbonyl (C=O) groups is 3. The van der Waals surface area contributed by atoms with E-state index in [0.29, 0.717) is 58.5 Å². The van der Waals surface area contributed by atoms with E-state index in [4.69, 9.17) is 9.47 Å². The lowest BCUT2D eigenvalue weighted by Gasteiger charge is -2.40. The summed E-state index contributed by atoms with van der Waals surface area (Å²) in [5.74, 6) is -2.13. The minimum Gasteiger partial charge on any atom is -0.394 e. The maximum absolute atomic E-state index is 14.9. The Hall–Kier alpha value is -3.05. The molecule has 1 spiro atoms. The summed E-state index contributed by atoms with van der Waals surface area (Å²) in [6.45, 7) is 18.3. The number of likely N-dealkylation sites (tertiary alicyclic amines) is 1. The number of benzene rings is 1. The van der Waals surface area contributed by atoms with Crippen molar-refractivity contribution in [2.75, 3.05) is 64.0 Å². The molecule has 10 nitrogen and oxygen atoms in total. The van der Waals surface area contributed by atoms with Crippen LogP contribution >= 0.6 is 0 Å². The zero-order valence-electron chi connectivity index (χ0n) is 27.8. The van der Waals surface area contributed by atoms with Crippen LogP contribution in [0.2, 0.25) is 0 Å². The molecule has 4 heterocycles. The number of nitrogens with zero attached hydrogens (tertiary/aromatic N) is 4. The molecule has 4 aliphatic rings. The van der Waals surface area contributed by atoms with Gasteiger partial charge in [0, 0.05) is 45.0 Å². The van der Waals surface area contributed by atoms with Gasteiger partial charge in [0.25, 0.3) is 0 Å². The van der Waals surface area contributed by atoms with E-state index in [2.05, 4.69) is 18.1 Å². The molecule has 10 heteroatoms. The van der Waals surface area contributed by atoms with Crippen LogP contribution in [0.4, 0.5) is 5.69 Å². The van der Waals surface area contributed by atoms with Crippen molar-refractivity contribution >= 4 is 23.4 Å². The van der Waals surface area contributed by atoms with Crippen LogP contribution in [0.3, 0.4) is 0 Å². The first-order valence-corrected chi connectivity index (χ1v) is 17.0. The maximum Gasteiger partial charge on any atom is 0.248 e. The molecule has 5 rings (SSSR count). The molecular weight excluding hydrogens is 584 g/mol. The second-order valence-electron chi connectivity index (χ2n) is 13.6. The van der Waals surface area contributed by atoms with Gasteiger partial charge in [-0.3, -0.25) is 19.3 Å². The number of aliphatic hydroxyl groups is 1. The van der Waals surface area contributed by atoms with Gasteiger partial charge < -0.3 is 29.3 Å². The summed E-state index contributed by atoms with van der Waals surface area (Å²) in [6, 6.07) is 7.88. The highest BCUT2D eigenvalue weighted by Gasteiger charge is 2.79. The maximum atomic E-state index is 14.9. The molecule has 1 aromatic carbocycles. The Labute approximate surface area is 274 Å². The molecule has 1 N–H and O–H groups in total. The van der Waals surface area contributed by atoms with Crippen LogP contribution < -0.4 is 4.90 Å². The predicted octanol–water partition coefficient (Wildman–Crippen LogP) is 3.11. The summed E-state index contributed by atoms with van der Waals surface area (Å²) in [6.07, 6.45) is 5.52. The lowest BCUT2D eigenvalue weighted by Crippen LogP contribution is -2.59. The second kappa shape index (κ2) is 14.4. The highest BCUT2D eigenvalue weighted by molar-refractivity contribution is 6.03. The highest BCUT2D eigenvalue weighted by Crippen LogP contribution is 2.65. The molecular formula is C36H52N4O6. The van der Waals surface area contributed by atoms with Gasteiger partial charge in [-0.15, -0.1) is 13.2 Å². The lowest BCUT2D eigenvalue weighted by molar-refractivity contribution is -0.156. The number of aliphatic hydroxyl groups excluding tert-OH is 1. The monoisotopic (exact) mass is 636 g/mol. The van der Waals surface area contributed by atoms with Crippen molar-refractivity contribution in [3.8, 4) is 0 Å². The normalized spacial score (nSPS) is 29.5. The number of hydrogen-bond acceptors (Lipinski definition) is 7. The fourth-order valence-electron chi connectivity index (χ4n) is 8.46. The van der Waals surface area contributed by atoms with Gasteiger partial charge in [-0.05, 0) is 43.7 Å². The Morgan fingerprint density at radius 1 is 1.09 bits per heavy atom. The molecule has 4 saturated heterocycles. The standard InChI is InChI=1S/C36H52N4O6/c1-6-16-38(19-18-37-20-22-45-23-21-37)34(44)31-36-15-14-35(8-3,46-36)29(30(36)33(43)40(31)28(25-41)24-26(4)5)32(42)39(17-7-2)27-12-10-9-11-13-27/h6-7,9-13,26,28-31,41H,1-2,8,14-25H2,3-5H3/t28-,29-,30+,31?,35+,36?/m1/s1. The number of ether oxygens (including phenoxy) is 2. The molecule has 252 valence electrons. The van der Waals surface area contributed by atoms with E-state index in [1.54, 1.807) is 26.9 Å². The Balaban J connectivity index is 1.57. The van der Waals surface area contributed by atoms with E-state index < -0.39 is 35.1 Å². The van der Waals surface area contributed by atoms with Gasteiger partial charge in [0.2, 0.25) is 17.7 Å². The van der Waals surface area contributed by atoms with Gasteiger partial charge in [-0.1, -0.05) is 51.1 Å². The Kier molecular flexibility index (Phi) is 10.7. The van der Waals surface area contributed by atoms with Crippen LogP contribution in [0.1, 0.15) is 46.5 Å². The summed E-state index contributed by atoms with van der Waals surface area (Å²) >= 11 is 0. The average molecular weight is 637 g/mol. The van der Waals surface area contributed by atoms with Gasteiger partial charge in [0.15, 0.2) is 0 Å². The number of fused-ring (bicyclic) bond motifs is 1. The van der Waals surface area contributed by atoms with Gasteiger partial charge in [-0.2, -0.15) is 0 Å². The predicted molar refractivity (Wildman–Crippen MR) is 177 cm³/mol. The molecule has 0 aliphatic carbocycles. The van der Waals surface area contributed by atoms with Crippen LogP contribution in [-0.4, -0.2) is 120 Å². The van der Waals surface area contributed by atoms with Crippen molar-refractivity contribution in [2.24, 2.45) is 17.8 Å². The summed E-state index contributed by atoms with van der Waals surface area (Å²) in [4.78, 5) is 51.9. The third-order valence-corrected chi connectivity index (χ3v) is 10.6. The van der Waals surface area contributed by atoms with Crippen molar-refractivity contribution in [1.29, 1.82) is 0 Å². The molecule has 2 unspecified atom stereocenters. The fraction of sp³-hybridized carbons (Fsp3) is 0.639. The SMILES string of the molecule is C=CCN(CCN1CCOCC1)C(=O)C1N([C@@H](CO)CC(C)C)C(=O)[C@@H]2[C@H](C(=O)N(CC=C)c3ccccc3)[C@]3(CC)CCC12O3. The molecule has 0 saturated carbocycles. The molecule has 3 amide bonds. The topological polar surface area (TPSA) is 103 Å². The number of hydrogen-bond donors (Lipinski definition) is 1. The molecule has 4 fully saturated rings. The first-order valence-electron chi connectivity index (χ1n) is 17.0. The van der Waals surface area contributed by atoms with Crippen LogP contribution in [0.25, 0.3) is 0 Å². The third kappa shape index (κ3) is 6.05. The number of para-hydroxylation sites is 1. The molecule has 4 aliphatic heterocycles. The van der Waals surface area contributed by atoms with E-state index in [0.717, 1.165) is 18.8 Å². The van der Waals surface area contributed by atoms with E-state index in [-0.39, 0.29) is 36.8 Å².